The maximum Gasteiger partial charge on any atom is 0.296 e. The van der Waals surface area contributed by atoms with E-state index in [0.29, 0.717) is 10.7 Å². The highest BCUT2D eigenvalue weighted by Crippen LogP contribution is 2.32. The zero-order valence-corrected chi connectivity index (χ0v) is 12.1. The third kappa shape index (κ3) is 2.40. The molecule has 0 saturated heterocycles. The fourth-order valence-electron chi connectivity index (χ4n) is 2.67. The summed E-state index contributed by atoms with van der Waals surface area (Å²) in [6, 6.07) is 5.55. The molecule has 1 amide bonds. The van der Waals surface area contributed by atoms with Crippen LogP contribution in [-0.2, 0) is 6.54 Å². The second-order valence-corrected chi connectivity index (χ2v) is 5.37. The fourth-order valence-corrected chi connectivity index (χ4v) is 2.88. The second kappa shape index (κ2) is 5.26. The van der Waals surface area contributed by atoms with Crippen LogP contribution in [0.2, 0.25) is 5.02 Å². The molecule has 21 heavy (non-hydrogen) atoms. The number of hydrogen-bond acceptors (Lipinski definition) is 1. The smallest absolute Gasteiger partial charge is 0.296 e. The van der Waals surface area contributed by atoms with Crippen molar-refractivity contribution in [2.45, 2.75) is 19.4 Å². The number of rotatable bonds is 1. The number of allylic oxidation sites excluding steroid dienone is 1. The van der Waals surface area contributed by atoms with Crippen molar-refractivity contribution in [3.63, 3.8) is 0 Å². The number of benzene rings is 1. The van der Waals surface area contributed by atoms with Crippen LogP contribution in [0.25, 0.3) is 17.0 Å². The lowest BCUT2D eigenvalue weighted by atomic mass is 10.1. The molecule has 0 radical (unpaired) electrons. The number of aryl methyl sites for hydroxylation is 1. The number of amides is 1. The first-order valence-corrected chi connectivity index (χ1v) is 7.08. The van der Waals surface area contributed by atoms with Crippen LogP contribution < -0.4 is 11.5 Å². The van der Waals surface area contributed by atoms with Gasteiger partial charge in [0.1, 0.15) is 5.69 Å². The number of carbonyl (C=O) groups is 1. The van der Waals surface area contributed by atoms with Crippen LogP contribution in [0.1, 0.15) is 28.9 Å². The molecular weight excluding hydrogens is 288 g/mol. The molecule has 0 bridgehead atoms. The van der Waals surface area contributed by atoms with E-state index in [1.165, 1.54) is 0 Å². The number of aliphatic imine (C=N–C) groups is 1. The van der Waals surface area contributed by atoms with E-state index in [2.05, 4.69) is 17.1 Å². The minimum absolute atomic E-state index is 0.241. The van der Waals surface area contributed by atoms with Crippen molar-refractivity contribution >= 4 is 40.4 Å². The van der Waals surface area contributed by atoms with E-state index in [0.717, 1.165) is 35.9 Å². The number of nitrogens with zero attached hydrogens (tertiary/aromatic N) is 2. The van der Waals surface area contributed by atoms with Crippen LogP contribution in [0.4, 0.5) is 0 Å². The van der Waals surface area contributed by atoms with Crippen LogP contribution in [0.5, 0.6) is 0 Å². The standard InChI is InChI=1S/C15H15ClN4O/c16-11-6-5-9-4-2-1-3-7-20-12(8-10(11)13(9)20)14(21)19-15(17)18/h2,4-6,8H,1,3,7H2,(H4,17,18,19,21). The van der Waals surface area contributed by atoms with Crippen molar-refractivity contribution in [1.29, 1.82) is 0 Å². The molecule has 108 valence electrons. The molecule has 1 aliphatic rings. The van der Waals surface area contributed by atoms with Crippen LogP contribution in [0.15, 0.2) is 29.3 Å². The molecule has 2 aromatic rings. The van der Waals surface area contributed by atoms with Crippen molar-refractivity contribution in [3.05, 3.63) is 40.6 Å². The van der Waals surface area contributed by atoms with Gasteiger partial charge in [-0.15, -0.1) is 0 Å². The van der Waals surface area contributed by atoms with Crippen molar-refractivity contribution in [3.8, 4) is 0 Å². The van der Waals surface area contributed by atoms with Crippen LogP contribution >= 0.6 is 11.6 Å². The van der Waals surface area contributed by atoms with E-state index in [-0.39, 0.29) is 5.96 Å². The quantitative estimate of drug-likeness (QED) is 0.627. The summed E-state index contributed by atoms with van der Waals surface area (Å²) in [6.45, 7) is 0.724. The molecule has 0 unspecified atom stereocenters. The fraction of sp³-hybridized carbons (Fsp3) is 0.200. The SMILES string of the molecule is NC(N)=NC(=O)c1cc2c(Cl)ccc3c2n1CCCC=C3. The van der Waals surface area contributed by atoms with Gasteiger partial charge in [-0.05, 0) is 30.5 Å². The lowest BCUT2D eigenvalue weighted by Gasteiger charge is -2.12. The summed E-state index contributed by atoms with van der Waals surface area (Å²) in [5.41, 5.74) is 13.1. The average Bonchev–Trinajstić information content (AvgIpc) is 2.77. The van der Waals surface area contributed by atoms with Gasteiger partial charge in [-0.1, -0.05) is 29.8 Å². The maximum atomic E-state index is 12.2. The minimum atomic E-state index is -0.447. The zero-order valence-electron chi connectivity index (χ0n) is 11.3. The predicted octanol–water partition coefficient (Wildman–Crippen LogP) is 2.52. The van der Waals surface area contributed by atoms with E-state index in [9.17, 15) is 4.79 Å². The van der Waals surface area contributed by atoms with Crippen molar-refractivity contribution in [2.24, 2.45) is 16.5 Å². The number of carbonyl (C=O) groups excluding carboxylic acids is 1. The number of halogens is 1. The Balaban J connectivity index is 2.31. The van der Waals surface area contributed by atoms with Gasteiger partial charge in [-0.3, -0.25) is 4.79 Å². The number of guanidine groups is 1. The molecule has 0 spiro atoms. The lowest BCUT2D eigenvalue weighted by molar-refractivity contribution is 0.0994. The molecule has 0 fully saturated rings. The summed E-state index contributed by atoms with van der Waals surface area (Å²) in [6.07, 6.45) is 6.09. The van der Waals surface area contributed by atoms with Gasteiger partial charge in [0, 0.05) is 11.9 Å². The lowest BCUT2D eigenvalue weighted by Crippen LogP contribution is -2.24. The second-order valence-electron chi connectivity index (χ2n) is 4.97. The third-order valence-electron chi connectivity index (χ3n) is 3.54. The molecule has 1 aromatic carbocycles. The largest absolute Gasteiger partial charge is 0.370 e. The van der Waals surface area contributed by atoms with Gasteiger partial charge < -0.3 is 16.0 Å². The molecule has 1 aromatic heterocycles. The van der Waals surface area contributed by atoms with Crippen LogP contribution in [0.3, 0.4) is 0 Å². The zero-order chi connectivity index (χ0) is 15.0. The summed E-state index contributed by atoms with van der Waals surface area (Å²) >= 11 is 6.27. The van der Waals surface area contributed by atoms with Crippen molar-refractivity contribution < 1.29 is 4.79 Å². The first kappa shape index (κ1) is 13.7. The van der Waals surface area contributed by atoms with Crippen molar-refractivity contribution in [2.75, 3.05) is 0 Å². The van der Waals surface area contributed by atoms with Gasteiger partial charge in [-0.2, -0.15) is 4.99 Å². The Hall–Kier alpha value is -2.27. The predicted molar refractivity (Wildman–Crippen MR) is 85.4 cm³/mol. The van der Waals surface area contributed by atoms with E-state index in [1.807, 2.05) is 16.7 Å². The Morgan fingerprint density at radius 3 is 2.90 bits per heavy atom. The van der Waals surface area contributed by atoms with Gasteiger partial charge in [0.2, 0.25) is 0 Å². The van der Waals surface area contributed by atoms with E-state index in [4.69, 9.17) is 23.1 Å². The topological polar surface area (TPSA) is 86.4 Å². The Bertz CT molecular complexity index is 785. The summed E-state index contributed by atoms with van der Waals surface area (Å²) in [7, 11) is 0. The van der Waals surface area contributed by atoms with Crippen LogP contribution in [0, 0.1) is 0 Å². The molecule has 2 heterocycles. The first-order chi connectivity index (χ1) is 10.1. The number of aromatic nitrogens is 1. The highest BCUT2D eigenvalue weighted by atomic mass is 35.5. The summed E-state index contributed by atoms with van der Waals surface area (Å²) in [4.78, 5) is 15.9. The van der Waals surface area contributed by atoms with Crippen molar-refractivity contribution in [1.82, 2.24) is 4.57 Å². The molecule has 1 aliphatic heterocycles. The van der Waals surface area contributed by atoms with Gasteiger partial charge in [-0.25, -0.2) is 0 Å². The Morgan fingerprint density at radius 1 is 1.33 bits per heavy atom. The highest BCUT2D eigenvalue weighted by molar-refractivity contribution is 6.36. The molecule has 6 heteroatoms. The van der Waals surface area contributed by atoms with Gasteiger partial charge >= 0.3 is 0 Å². The summed E-state index contributed by atoms with van der Waals surface area (Å²) in [5.74, 6) is -0.687. The minimum Gasteiger partial charge on any atom is -0.370 e. The van der Waals surface area contributed by atoms with E-state index < -0.39 is 5.91 Å². The molecule has 0 aliphatic carbocycles. The monoisotopic (exact) mass is 302 g/mol. The maximum absolute atomic E-state index is 12.2. The number of nitrogens with two attached hydrogens (primary N) is 2. The molecule has 3 rings (SSSR count). The average molecular weight is 303 g/mol. The molecule has 0 saturated carbocycles. The third-order valence-corrected chi connectivity index (χ3v) is 3.87. The van der Waals surface area contributed by atoms with Gasteiger partial charge in [0.15, 0.2) is 5.96 Å². The van der Waals surface area contributed by atoms with Gasteiger partial charge in [0.25, 0.3) is 5.91 Å². The molecular formula is C15H15ClN4O. The summed E-state index contributed by atoms with van der Waals surface area (Å²) in [5, 5.41) is 1.45. The Morgan fingerprint density at radius 2 is 2.14 bits per heavy atom. The normalized spacial score (nSPS) is 13.8. The summed E-state index contributed by atoms with van der Waals surface area (Å²) < 4.78 is 1.95. The molecule has 5 nitrogen and oxygen atoms in total. The molecule has 4 N–H and O–H groups in total. The highest BCUT2D eigenvalue weighted by Gasteiger charge is 2.19. The van der Waals surface area contributed by atoms with E-state index in [1.54, 1.807) is 6.07 Å². The number of hydrogen-bond donors (Lipinski definition) is 2. The van der Waals surface area contributed by atoms with Crippen LogP contribution in [-0.4, -0.2) is 16.4 Å². The Labute approximate surface area is 126 Å². The molecule has 0 atom stereocenters. The van der Waals surface area contributed by atoms with E-state index >= 15 is 0 Å². The Kier molecular flexibility index (Phi) is 3.43. The first-order valence-electron chi connectivity index (χ1n) is 6.70. The van der Waals surface area contributed by atoms with Gasteiger partial charge in [0.05, 0.1) is 10.5 Å².